The minimum atomic E-state index is -0.0544. The maximum absolute atomic E-state index is 12.3. The number of hydrogen-bond donors (Lipinski definition) is 1. The Hall–Kier alpha value is -2.09. The summed E-state index contributed by atoms with van der Waals surface area (Å²) in [4.78, 5) is 23.6. The van der Waals surface area contributed by atoms with Crippen LogP contribution < -0.4 is 10.2 Å². The van der Waals surface area contributed by atoms with Crippen molar-refractivity contribution in [3.05, 3.63) is 29.0 Å². The fraction of sp³-hybridized carbons (Fsp3) is 0.500. The van der Waals surface area contributed by atoms with Crippen molar-refractivity contribution in [1.82, 2.24) is 24.9 Å². The van der Waals surface area contributed by atoms with Gasteiger partial charge in [0.05, 0.1) is 5.69 Å². The van der Waals surface area contributed by atoms with E-state index in [2.05, 4.69) is 29.8 Å². The van der Waals surface area contributed by atoms with Gasteiger partial charge in [0.25, 0.3) is 5.91 Å². The SMILES string of the molecule is CCc1nnsc1C(=O)NC1CCN(c2ncccn2)CC1. The molecule has 1 fully saturated rings. The van der Waals surface area contributed by atoms with Crippen molar-refractivity contribution in [3.63, 3.8) is 0 Å². The molecular weight excluding hydrogens is 300 g/mol. The van der Waals surface area contributed by atoms with Gasteiger partial charge < -0.3 is 10.2 Å². The van der Waals surface area contributed by atoms with Crippen LogP contribution in [0.25, 0.3) is 0 Å². The van der Waals surface area contributed by atoms with Gasteiger partial charge in [-0.05, 0) is 36.9 Å². The molecule has 1 amide bonds. The second kappa shape index (κ2) is 6.78. The van der Waals surface area contributed by atoms with Crippen LogP contribution in [0.15, 0.2) is 18.5 Å². The Bertz CT molecular complexity index is 623. The lowest BCUT2D eigenvalue weighted by Gasteiger charge is -2.32. The number of piperidine rings is 1. The Morgan fingerprint density at radius 3 is 2.77 bits per heavy atom. The van der Waals surface area contributed by atoms with Crippen LogP contribution in [0.1, 0.15) is 35.1 Å². The standard InChI is InChI=1S/C14H18N6OS/c1-2-11-12(22-19-18-11)13(21)17-10-4-8-20(9-5-10)14-15-6-3-7-16-14/h3,6-7,10H,2,4-5,8-9H2,1H3,(H,17,21). The van der Waals surface area contributed by atoms with E-state index in [0.29, 0.717) is 4.88 Å². The first-order valence-electron chi connectivity index (χ1n) is 7.42. The zero-order valence-electron chi connectivity index (χ0n) is 12.4. The molecule has 2 aromatic rings. The van der Waals surface area contributed by atoms with Crippen LogP contribution in [0.5, 0.6) is 0 Å². The molecule has 3 heterocycles. The number of carbonyl (C=O) groups excluding carboxylic acids is 1. The zero-order chi connectivity index (χ0) is 15.4. The Morgan fingerprint density at radius 1 is 1.36 bits per heavy atom. The van der Waals surface area contributed by atoms with Crippen LogP contribution in [0.4, 0.5) is 5.95 Å². The van der Waals surface area contributed by atoms with Crippen molar-refractivity contribution in [3.8, 4) is 0 Å². The molecule has 0 radical (unpaired) electrons. The Morgan fingerprint density at radius 2 is 2.09 bits per heavy atom. The Kier molecular flexibility index (Phi) is 4.57. The smallest absolute Gasteiger partial charge is 0.265 e. The number of hydrogen-bond acceptors (Lipinski definition) is 7. The van der Waals surface area contributed by atoms with Gasteiger partial charge in [0.1, 0.15) is 4.88 Å². The van der Waals surface area contributed by atoms with Gasteiger partial charge in [-0.25, -0.2) is 9.97 Å². The number of anilines is 1. The highest BCUT2D eigenvalue weighted by Gasteiger charge is 2.24. The number of amides is 1. The summed E-state index contributed by atoms with van der Waals surface area (Å²) in [6.07, 6.45) is 6.00. The summed E-state index contributed by atoms with van der Waals surface area (Å²) in [6, 6.07) is 1.99. The lowest BCUT2D eigenvalue weighted by Crippen LogP contribution is -2.45. The normalized spacial score (nSPS) is 15.8. The second-order valence-corrected chi connectivity index (χ2v) is 5.94. The van der Waals surface area contributed by atoms with E-state index in [1.165, 1.54) is 0 Å². The molecular formula is C14H18N6OS. The molecule has 8 heteroatoms. The van der Waals surface area contributed by atoms with Gasteiger partial charge >= 0.3 is 0 Å². The fourth-order valence-corrected chi connectivity index (χ4v) is 3.20. The molecule has 1 N–H and O–H groups in total. The lowest BCUT2D eigenvalue weighted by atomic mass is 10.1. The van der Waals surface area contributed by atoms with E-state index in [-0.39, 0.29) is 11.9 Å². The van der Waals surface area contributed by atoms with Crippen molar-refractivity contribution in [2.24, 2.45) is 0 Å². The third-order valence-electron chi connectivity index (χ3n) is 3.76. The van der Waals surface area contributed by atoms with Gasteiger partial charge in [-0.3, -0.25) is 4.79 Å². The van der Waals surface area contributed by atoms with Crippen LogP contribution in [0, 0.1) is 0 Å². The van der Waals surface area contributed by atoms with Crippen LogP contribution >= 0.6 is 11.5 Å². The Labute approximate surface area is 133 Å². The molecule has 3 rings (SSSR count). The highest BCUT2D eigenvalue weighted by molar-refractivity contribution is 7.08. The van der Waals surface area contributed by atoms with E-state index in [1.807, 2.05) is 13.0 Å². The first-order valence-corrected chi connectivity index (χ1v) is 8.19. The maximum atomic E-state index is 12.3. The molecule has 0 aliphatic carbocycles. The summed E-state index contributed by atoms with van der Waals surface area (Å²) in [5.74, 6) is 0.702. The number of nitrogens with one attached hydrogen (secondary N) is 1. The highest BCUT2D eigenvalue weighted by Crippen LogP contribution is 2.17. The van der Waals surface area contributed by atoms with Gasteiger partial charge in [0, 0.05) is 31.5 Å². The molecule has 2 aromatic heterocycles. The van der Waals surface area contributed by atoms with E-state index in [4.69, 9.17) is 0 Å². The zero-order valence-corrected chi connectivity index (χ0v) is 13.2. The number of aromatic nitrogens is 4. The van der Waals surface area contributed by atoms with Crippen LogP contribution in [-0.4, -0.2) is 44.6 Å². The molecule has 0 bridgehead atoms. The largest absolute Gasteiger partial charge is 0.348 e. The molecule has 0 unspecified atom stereocenters. The predicted molar refractivity (Wildman–Crippen MR) is 84.0 cm³/mol. The van der Waals surface area contributed by atoms with Gasteiger partial charge in [0.2, 0.25) is 5.95 Å². The molecule has 0 aromatic carbocycles. The summed E-state index contributed by atoms with van der Waals surface area (Å²) in [6.45, 7) is 3.67. The molecule has 0 atom stereocenters. The molecule has 1 aliphatic rings. The lowest BCUT2D eigenvalue weighted by molar-refractivity contribution is 0.0934. The van der Waals surface area contributed by atoms with Gasteiger partial charge in [-0.2, -0.15) is 0 Å². The predicted octanol–water partition coefficient (Wildman–Crippen LogP) is 1.29. The van der Waals surface area contributed by atoms with Crippen molar-refractivity contribution in [1.29, 1.82) is 0 Å². The van der Waals surface area contributed by atoms with E-state index in [1.54, 1.807) is 12.4 Å². The summed E-state index contributed by atoms with van der Waals surface area (Å²) in [7, 11) is 0. The maximum Gasteiger partial charge on any atom is 0.265 e. The summed E-state index contributed by atoms with van der Waals surface area (Å²) < 4.78 is 3.86. The number of nitrogens with zero attached hydrogens (tertiary/aromatic N) is 5. The third-order valence-corrected chi connectivity index (χ3v) is 4.53. The Balaban J connectivity index is 1.55. The van der Waals surface area contributed by atoms with Crippen LogP contribution in [0.2, 0.25) is 0 Å². The molecule has 7 nitrogen and oxygen atoms in total. The average Bonchev–Trinajstić information content (AvgIpc) is 3.05. The summed E-state index contributed by atoms with van der Waals surface area (Å²) in [5, 5.41) is 7.08. The first-order chi connectivity index (χ1) is 10.8. The number of carbonyl (C=O) groups is 1. The fourth-order valence-electron chi connectivity index (χ4n) is 2.54. The molecule has 0 spiro atoms. The monoisotopic (exact) mass is 318 g/mol. The second-order valence-electron chi connectivity index (χ2n) is 5.19. The number of rotatable bonds is 4. The van der Waals surface area contributed by atoms with Gasteiger partial charge in [0.15, 0.2) is 0 Å². The summed E-state index contributed by atoms with van der Waals surface area (Å²) >= 11 is 1.16. The summed E-state index contributed by atoms with van der Waals surface area (Å²) in [5.41, 5.74) is 0.776. The first kappa shape index (κ1) is 14.8. The van der Waals surface area contributed by atoms with Crippen LogP contribution in [-0.2, 0) is 6.42 Å². The quantitative estimate of drug-likeness (QED) is 0.914. The molecule has 1 saturated heterocycles. The van der Waals surface area contributed by atoms with E-state index < -0.39 is 0 Å². The molecule has 1 aliphatic heterocycles. The van der Waals surface area contributed by atoms with Crippen molar-refractivity contribution < 1.29 is 4.79 Å². The van der Waals surface area contributed by atoms with Gasteiger partial charge in [-0.1, -0.05) is 11.4 Å². The molecule has 116 valence electrons. The number of aryl methyl sites for hydroxylation is 1. The molecule has 0 saturated carbocycles. The highest BCUT2D eigenvalue weighted by atomic mass is 32.1. The van der Waals surface area contributed by atoms with Crippen molar-refractivity contribution in [2.45, 2.75) is 32.2 Å². The van der Waals surface area contributed by atoms with Gasteiger partial charge in [-0.15, -0.1) is 5.10 Å². The van der Waals surface area contributed by atoms with Crippen molar-refractivity contribution >= 4 is 23.4 Å². The van der Waals surface area contributed by atoms with E-state index in [9.17, 15) is 4.79 Å². The van der Waals surface area contributed by atoms with E-state index in [0.717, 1.165) is 55.5 Å². The molecule has 22 heavy (non-hydrogen) atoms. The third kappa shape index (κ3) is 3.22. The minimum Gasteiger partial charge on any atom is -0.348 e. The van der Waals surface area contributed by atoms with Crippen LogP contribution in [0.3, 0.4) is 0 Å². The topological polar surface area (TPSA) is 83.9 Å². The van der Waals surface area contributed by atoms with E-state index >= 15 is 0 Å². The average molecular weight is 318 g/mol. The van der Waals surface area contributed by atoms with Crippen molar-refractivity contribution in [2.75, 3.05) is 18.0 Å². The minimum absolute atomic E-state index is 0.0544.